The lowest BCUT2D eigenvalue weighted by Gasteiger charge is -2.30. The van der Waals surface area contributed by atoms with Crippen molar-refractivity contribution in [1.82, 2.24) is 0 Å². The van der Waals surface area contributed by atoms with Gasteiger partial charge in [-0.15, -0.1) is 0 Å². The highest BCUT2D eigenvalue weighted by molar-refractivity contribution is 5.97. The Bertz CT molecular complexity index is 1350. The van der Waals surface area contributed by atoms with E-state index in [0.717, 1.165) is 39.0 Å². The summed E-state index contributed by atoms with van der Waals surface area (Å²) in [6.45, 7) is 12.9. The van der Waals surface area contributed by atoms with Gasteiger partial charge in [0, 0.05) is 67.7 Å². The molecule has 0 aliphatic heterocycles. The summed E-state index contributed by atoms with van der Waals surface area (Å²) in [6, 6.07) is 32.6. The van der Waals surface area contributed by atoms with Crippen LogP contribution in [-0.4, -0.2) is 45.4 Å². The van der Waals surface area contributed by atoms with Crippen molar-refractivity contribution >= 4 is 27.8 Å². The first-order chi connectivity index (χ1) is 20.6. The fraction of sp³-hybridized carbons (Fsp3) is 0.421. The summed E-state index contributed by atoms with van der Waals surface area (Å²) in [5, 5.41) is 6.51. The smallest absolute Gasteiger partial charge is 0.0590 e. The molecular formula is C38H49N3O. The lowest BCUT2D eigenvalue weighted by atomic mass is 9.82. The second-order valence-electron chi connectivity index (χ2n) is 11.6. The minimum absolute atomic E-state index is 0.132. The molecule has 0 aromatic heterocycles. The van der Waals surface area contributed by atoms with E-state index in [4.69, 9.17) is 4.74 Å². The number of rotatable bonds is 12. The number of methoxy groups -OCH3 is 1. The van der Waals surface area contributed by atoms with Crippen molar-refractivity contribution in [2.45, 2.75) is 71.4 Å². The quantitative estimate of drug-likeness (QED) is 0.174. The van der Waals surface area contributed by atoms with Crippen molar-refractivity contribution in [3.05, 3.63) is 102 Å². The first-order valence-corrected chi connectivity index (χ1v) is 16.1. The number of ether oxygens (including phenoxy) is 1. The van der Waals surface area contributed by atoms with Gasteiger partial charge in [0.1, 0.15) is 0 Å². The summed E-state index contributed by atoms with van der Waals surface area (Å²) in [5.41, 5.74) is 7.78. The van der Waals surface area contributed by atoms with Gasteiger partial charge in [0.05, 0.1) is 6.10 Å². The molecule has 222 valence electrons. The topological polar surface area (TPSA) is 27.7 Å². The Morgan fingerprint density at radius 2 is 1.24 bits per heavy atom. The van der Waals surface area contributed by atoms with Gasteiger partial charge in [0.25, 0.3) is 0 Å². The molecule has 1 saturated carbocycles. The van der Waals surface area contributed by atoms with Crippen LogP contribution in [0.25, 0.3) is 10.8 Å². The van der Waals surface area contributed by atoms with Crippen LogP contribution >= 0.6 is 0 Å². The zero-order chi connectivity index (χ0) is 29.5. The van der Waals surface area contributed by atoms with Gasteiger partial charge in [-0.2, -0.15) is 0 Å². The molecule has 1 N–H and O–H groups in total. The SMILES string of the molecule is CCN(CC)c1ccc(C(c2ccc(N(CC)CC)cc2)c2ccc(NC3CCCC(OC)C3)c3ccccc23)cc1. The molecule has 1 fully saturated rings. The molecule has 0 spiro atoms. The average Bonchev–Trinajstić information content (AvgIpc) is 3.05. The molecule has 0 saturated heterocycles. The maximum atomic E-state index is 5.72. The number of fused-ring (bicyclic) bond motifs is 1. The van der Waals surface area contributed by atoms with Crippen LogP contribution in [-0.2, 0) is 4.74 Å². The second-order valence-corrected chi connectivity index (χ2v) is 11.6. The number of anilines is 3. The predicted octanol–water partition coefficient (Wildman–Crippen LogP) is 9.08. The molecule has 42 heavy (non-hydrogen) atoms. The predicted molar refractivity (Wildman–Crippen MR) is 182 cm³/mol. The Kier molecular flexibility index (Phi) is 10.1. The van der Waals surface area contributed by atoms with Gasteiger partial charge in [0.15, 0.2) is 0 Å². The standard InChI is InChI=1S/C38H49N3O/c1-6-40(7-2)31-21-17-28(18-22-31)38(29-19-23-32(24-20-29)41(8-3)9-4)36-25-26-37(35-16-11-10-15-34(35)36)39-30-13-12-14-33(27-30)42-5/h10-11,15-26,30,33,38-39H,6-9,12-14,27H2,1-5H3. The zero-order valence-corrected chi connectivity index (χ0v) is 26.3. The maximum absolute atomic E-state index is 5.72. The highest BCUT2D eigenvalue weighted by atomic mass is 16.5. The van der Waals surface area contributed by atoms with Crippen molar-refractivity contribution < 1.29 is 4.74 Å². The molecule has 4 nitrogen and oxygen atoms in total. The summed E-state index contributed by atoms with van der Waals surface area (Å²) in [7, 11) is 1.85. The molecular weight excluding hydrogens is 514 g/mol. The first kappa shape index (κ1) is 30.0. The summed E-state index contributed by atoms with van der Waals surface area (Å²) in [5.74, 6) is 0.132. The molecule has 1 aliphatic carbocycles. The van der Waals surface area contributed by atoms with Crippen molar-refractivity contribution in [2.24, 2.45) is 0 Å². The zero-order valence-electron chi connectivity index (χ0n) is 26.3. The van der Waals surface area contributed by atoms with Crippen LogP contribution in [0.1, 0.15) is 76.0 Å². The maximum Gasteiger partial charge on any atom is 0.0590 e. The largest absolute Gasteiger partial charge is 0.382 e. The number of hydrogen-bond acceptors (Lipinski definition) is 4. The van der Waals surface area contributed by atoms with Crippen molar-refractivity contribution in [1.29, 1.82) is 0 Å². The van der Waals surface area contributed by atoms with E-state index in [1.54, 1.807) is 0 Å². The average molecular weight is 564 g/mol. The third kappa shape index (κ3) is 6.44. The van der Waals surface area contributed by atoms with Crippen LogP contribution in [0.2, 0.25) is 0 Å². The molecule has 0 heterocycles. The van der Waals surface area contributed by atoms with Crippen molar-refractivity contribution in [3.8, 4) is 0 Å². The van der Waals surface area contributed by atoms with Gasteiger partial charge < -0.3 is 19.9 Å². The molecule has 0 bridgehead atoms. The van der Waals surface area contributed by atoms with E-state index in [1.807, 2.05) is 7.11 Å². The van der Waals surface area contributed by atoms with Crippen LogP contribution in [0.3, 0.4) is 0 Å². The number of nitrogens with zero attached hydrogens (tertiary/aromatic N) is 2. The van der Waals surface area contributed by atoms with Crippen molar-refractivity contribution in [2.75, 3.05) is 48.4 Å². The third-order valence-electron chi connectivity index (χ3n) is 9.30. The van der Waals surface area contributed by atoms with Gasteiger partial charge in [-0.05, 0) is 106 Å². The summed E-state index contributed by atoms with van der Waals surface area (Å²) >= 11 is 0. The Hall–Kier alpha value is -3.50. The molecule has 4 aromatic carbocycles. The van der Waals surface area contributed by atoms with Gasteiger partial charge in [0.2, 0.25) is 0 Å². The molecule has 4 heteroatoms. The summed E-state index contributed by atoms with van der Waals surface area (Å²) in [6.07, 6.45) is 4.98. The fourth-order valence-corrected chi connectivity index (χ4v) is 6.89. The van der Waals surface area contributed by atoms with Crippen LogP contribution in [0.4, 0.5) is 17.1 Å². The van der Waals surface area contributed by atoms with Gasteiger partial charge >= 0.3 is 0 Å². The van der Waals surface area contributed by atoms with Crippen LogP contribution < -0.4 is 15.1 Å². The molecule has 2 atom stereocenters. The third-order valence-corrected chi connectivity index (χ3v) is 9.30. The second kappa shape index (κ2) is 14.1. The monoisotopic (exact) mass is 563 g/mol. The Balaban J connectivity index is 1.58. The summed E-state index contributed by atoms with van der Waals surface area (Å²) in [4.78, 5) is 4.82. The molecule has 0 amide bonds. The highest BCUT2D eigenvalue weighted by Crippen LogP contribution is 2.40. The highest BCUT2D eigenvalue weighted by Gasteiger charge is 2.24. The normalized spacial score (nSPS) is 17.0. The Morgan fingerprint density at radius 1 is 0.690 bits per heavy atom. The Morgan fingerprint density at radius 3 is 1.76 bits per heavy atom. The van der Waals surface area contributed by atoms with Crippen LogP contribution in [0, 0.1) is 0 Å². The number of benzene rings is 4. The van der Waals surface area contributed by atoms with E-state index in [1.165, 1.54) is 57.4 Å². The molecule has 4 aromatic rings. The van der Waals surface area contributed by atoms with E-state index in [2.05, 4.69) is 128 Å². The van der Waals surface area contributed by atoms with Crippen LogP contribution in [0.15, 0.2) is 84.9 Å². The minimum atomic E-state index is 0.132. The minimum Gasteiger partial charge on any atom is -0.382 e. The Labute approximate surface area is 253 Å². The molecule has 5 rings (SSSR count). The van der Waals surface area contributed by atoms with E-state index in [9.17, 15) is 0 Å². The van der Waals surface area contributed by atoms with E-state index in [-0.39, 0.29) is 5.92 Å². The first-order valence-electron chi connectivity index (χ1n) is 16.1. The number of nitrogens with one attached hydrogen (secondary N) is 1. The van der Waals surface area contributed by atoms with E-state index in [0.29, 0.717) is 12.1 Å². The van der Waals surface area contributed by atoms with Crippen LogP contribution in [0.5, 0.6) is 0 Å². The lowest BCUT2D eigenvalue weighted by Crippen LogP contribution is -2.31. The molecule has 1 aliphatic rings. The molecule has 0 radical (unpaired) electrons. The van der Waals surface area contributed by atoms with E-state index >= 15 is 0 Å². The van der Waals surface area contributed by atoms with E-state index < -0.39 is 0 Å². The lowest BCUT2D eigenvalue weighted by molar-refractivity contribution is 0.0669. The van der Waals surface area contributed by atoms with Gasteiger partial charge in [-0.25, -0.2) is 0 Å². The van der Waals surface area contributed by atoms with Crippen molar-refractivity contribution in [3.63, 3.8) is 0 Å². The summed E-state index contributed by atoms with van der Waals surface area (Å²) < 4.78 is 5.72. The van der Waals surface area contributed by atoms with Gasteiger partial charge in [-0.1, -0.05) is 54.6 Å². The van der Waals surface area contributed by atoms with Gasteiger partial charge in [-0.3, -0.25) is 0 Å². The fourth-order valence-electron chi connectivity index (χ4n) is 6.89. The molecule has 2 unspecified atom stereocenters. The number of hydrogen-bond donors (Lipinski definition) is 1.